The van der Waals surface area contributed by atoms with Gasteiger partial charge >= 0.3 is 0 Å². The Morgan fingerprint density at radius 2 is 1.94 bits per heavy atom. The molecule has 0 radical (unpaired) electrons. The van der Waals surface area contributed by atoms with E-state index in [0.29, 0.717) is 6.61 Å². The van der Waals surface area contributed by atoms with Gasteiger partial charge in [0, 0.05) is 0 Å². The first kappa shape index (κ1) is 15.7. The van der Waals surface area contributed by atoms with Crippen LogP contribution in [0.5, 0.6) is 0 Å². The lowest BCUT2D eigenvalue weighted by Crippen LogP contribution is -2.41. The van der Waals surface area contributed by atoms with Crippen molar-refractivity contribution >= 4 is 8.32 Å². The fourth-order valence-electron chi connectivity index (χ4n) is 1.59. The fourth-order valence-corrected chi connectivity index (χ4v) is 2.50. The monoisotopic (exact) mass is 274 g/mol. The zero-order chi connectivity index (χ0) is 14.0. The van der Waals surface area contributed by atoms with Gasteiger partial charge in [0.25, 0.3) is 0 Å². The zero-order valence-electron chi connectivity index (χ0n) is 12.6. The van der Waals surface area contributed by atoms with Crippen molar-refractivity contribution in [1.82, 2.24) is 0 Å². The van der Waals surface area contributed by atoms with Crippen molar-refractivity contribution < 1.29 is 18.6 Å². The average Bonchev–Trinajstić information content (AvgIpc) is 2.51. The Labute approximate surface area is 111 Å². The minimum atomic E-state index is -1.70. The third-order valence-corrected chi connectivity index (χ3v) is 3.18. The van der Waals surface area contributed by atoms with Crippen molar-refractivity contribution in [1.29, 1.82) is 0 Å². The summed E-state index contributed by atoms with van der Waals surface area (Å²) in [6, 6.07) is 0. The molecule has 0 amide bonds. The number of ether oxygens (including phenoxy) is 3. The van der Waals surface area contributed by atoms with Gasteiger partial charge in [0.1, 0.15) is 6.10 Å². The summed E-state index contributed by atoms with van der Waals surface area (Å²) in [5.41, 5.74) is 1.09. The van der Waals surface area contributed by atoms with Crippen LogP contribution in [0, 0.1) is 0 Å². The summed E-state index contributed by atoms with van der Waals surface area (Å²) < 4.78 is 23.1. The van der Waals surface area contributed by atoms with Gasteiger partial charge in [-0.1, -0.05) is 0 Å². The molecule has 0 aromatic carbocycles. The van der Waals surface area contributed by atoms with Crippen LogP contribution in [-0.2, 0) is 18.6 Å². The lowest BCUT2D eigenvalue weighted by atomic mass is 10.3. The molecule has 2 atom stereocenters. The molecule has 106 valence electrons. The number of rotatable bonds is 5. The van der Waals surface area contributed by atoms with Gasteiger partial charge in [0.05, 0.1) is 12.9 Å². The maximum absolute atomic E-state index is 6.03. The van der Waals surface area contributed by atoms with E-state index in [1.54, 1.807) is 6.26 Å². The maximum atomic E-state index is 6.03. The van der Waals surface area contributed by atoms with Gasteiger partial charge in [0.2, 0.25) is 6.29 Å². The molecule has 0 aromatic rings. The van der Waals surface area contributed by atoms with E-state index in [1.165, 1.54) is 0 Å². The van der Waals surface area contributed by atoms with Crippen LogP contribution in [0.3, 0.4) is 0 Å². The minimum absolute atomic E-state index is 0.178. The molecule has 0 saturated carbocycles. The molecule has 5 heteroatoms. The van der Waals surface area contributed by atoms with E-state index < -0.39 is 20.4 Å². The van der Waals surface area contributed by atoms with Crippen LogP contribution >= 0.6 is 0 Å². The Balaban J connectivity index is 2.69. The van der Waals surface area contributed by atoms with Gasteiger partial charge in [-0.2, -0.15) is 0 Å². The quantitative estimate of drug-likeness (QED) is 0.438. The summed E-state index contributed by atoms with van der Waals surface area (Å²) in [6.07, 6.45) is 1.15. The molecular weight excluding hydrogens is 248 g/mol. The Morgan fingerprint density at radius 1 is 1.33 bits per heavy atom. The number of hydrogen-bond donors (Lipinski definition) is 0. The van der Waals surface area contributed by atoms with Crippen LogP contribution in [0.25, 0.3) is 0 Å². The van der Waals surface area contributed by atoms with Gasteiger partial charge in [-0.25, -0.2) is 0 Å². The van der Waals surface area contributed by atoms with Crippen LogP contribution in [0.4, 0.5) is 0 Å². The molecule has 0 aromatic heterocycles. The molecule has 2 unspecified atom stereocenters. The molecule has 0 N–H and O–H groups in total. The minimum Gasteiger partial charge on any atom is -0.471 e. The molecule has 1 heterocycles. The largest absolute Gasteiger partial charge is 0.471 e. The summed E-state index contributed by atoms with van der Waals surface area (Å²) in [6.45, 7) is 14.7. The highest BCUT2D eigenvalue weighted by atomic mass is 28.4. The molecule has 1 aliphatic rings. The smallest absolute Gasteiger partial charge is 0.218 e. The van der Waals surface area contributed by atoms with E-state index >= 15 is 0 Å². The predicted molar refractivity (Wildman–Crippen MR) is 73.6 cm³/mol. The number of allylic oxidation sites excluding steroid dienone is 1. The standard InChI is InChI=1S/C13H26O4Si/c1-10(2)8-14-12(17-18(5,6)7)11-9-15-13(3,4)16-11/h8,11-12H,9H2,1-7H3. The third kappa shape index (κ3) is 5.52. The van der Waals surface area contributed by atoms with Gasteiger partial charge in [-0.3, -0.25) is 0 Å². The topological polar surface area (TPSA) is 36.9 Å². The van der Waals surface area contributed by atoms with E-state index in [2.05, 4.69) is 19.6 Å². The second kappa shape index (κ2) is 5.73. The molecule has 4 nitrogen and oxygen atoms in total. The van der Waals surface area contributed by atoms with Crippen LogP contribution in [0.1, 0.15) is 27.7 Å². The molecule has 0 aliphatic carbocycles. The highest BCUT2D eigenvalue weighted by Crippen LogP contribution is 2.27. The Hall–Kier alpha value is -0.363. The second-order valence-electron chi connectivity index (χ2n) is 6.30. The van der Waals surface area contributed by atoms with Gasteiger partial charge < -0.3 is 18.6 Å². The van der Waals surface area contributed by atoms with Gasteiger partial charge in [-0.15, -0.1) is 0 Å². The van der Waals surface area contributed by atoms with E-state index in [-0.39, 0.29) is 6.10 Å². The van der Waals surface area contributed by atoms with Crippen molar-refractivity contribution in [2.24, 2.45) is 0 Å². The van der Waals surface area contributed by atoms with E-state index in [4.69, 9.17) is 18.6 Å². The van der Waals surface area contributed by atoms with Gasteiger partial charge in [0.15, 0.2) is 14.1 Å². The lowest BCUT2D eigenvalue weighted by molar-refractivity contribution is -0.180. The SMILES string of the molecule is CC(C)=COC(O[Si](C)(C)C)C1COC(C)(C)O1. The first-order valence-electron chi connectivity index (χ1n) is 6.37. The molecule has 1 aliphatic heterocycles. The third-order valence-electron chi connectivity index (χ3n) is 2.24. The first-order chi connectivity index (χ1) is 8.09. The normalized spacial score (nSPS) is 24.7. The molecule has 18 heavy (non-hydrogen) atoms. The van der Waals surface area contributed by atoms with Crippen LogP contribution in [0.15, 0.2) is 11.8 Å². The predicted octanol–water partition coefficient (Wildman–Crippen LogP) is 3.26. The summed E-state index contributed by atoms with van der Waals surface area (Å²) in [4.78, 5) is 0. The van der Waals surface area contributed by atoms with Crippen molar-refractivity contribution in [3.05, 3.63) is 11.8 Å². The number of hydrogen-bond acceptors (Lipinski definition) is 4. The van der Waals surface area contributed by atoms with Crippen LogP contribution < -0.4 is 0 Å². The van der Waals surface area contributed by atoms with Crippen molar-refractivity contribution in [3.63, 3.8) is 0 Å². The molecule has 1 saturated heterocycles. The molecular formula is C13H26O4Si. The highest BCUT2D eigenvalue weighted by molar-refractivity contribution is 6.69. The first-order valence-corrected chi connectivity index (χ1v) is 9.78. The van der Waals surface area contributed by atoms with E-state index in [9.17, 15) is 0 Å². The van der Waals surface area contributed by atoms with Crippen molar-refractivity contribution in [2.75, 3.05) is 6.61 Å². The van der Waals surface area contributed by atoms with Gasteiger partial charge in [-0.05, 0) is 52.9 Å². The summed E-state index contributed by atoms with van der Waals surface area (Å²) in [5.74, 6) is -0.556. The molecule has 0 spiro atoms. The van der Waals surface area contributed by atoms with Crippen LogP contribution in [0.2, 0.25) is 19.6 Å². The van der Waals surface area contributed by atoms with E-state index in [1.807, 2.05) is 27.7 Å². The van der Waals surface area contributed by atoms with Crippen LogP contribution in [-0.4, -0.2) is 33.1 Å². The molecule has 1 rings (SSSR count). The second-order valence-corrected chi connectivity index (χ2v) is 10.8. The Morgan fingerprint density at radius 3 is 2.33 bits per heavy atom. The van der Waals surface area contributed by atoms with E-state index in [0.717, 1.165) is 5.57 Å². The maximum Gasteiger partial charge on any atom is 0.218 e. The molecule has 1 fully saturated rings. The lowest BCUT2D eigenvalue weighted by Gasteiger charge is -2.29. The summed E-state index contributed by atoms with van der Waals surface area (Å²) in [7, 11) is -1.70. The Kier molecular flexibility index (Phi) is 5.00. The highest BCUT2D eigenvalue weighted by Gasteiger charge is 2.40. The molecule has 0 bridgehead atoms. The summed E-state index contributed by atoms with van der Waals surface area (Å²) >= 11 is 0. The Bertz CT molecular complexity index is 303. The van der Waals surface area contributed by atoms with Crippen molar-refractivity contribution in [2.45, 2.75) is 65.5 Å². The average molecular weight is 274 g/mol. The fraction of sp³-hybridized carbons (Fsp3) is 0.846. The van der Waals surface area contributed by atoms with Crippen molar-refractivity contribution in [3.8, 4) is 0 Å². The summed E-state index contributed by atoms with van der Waals surface area (Å²) in [5, 5.41) is 0. The zero-order valence-corrected chi connectivity index (χ0v) is 13.6.